The van der Waals surface area contributed by atoms with Gasteiger partial charge in [0.2, 0.25) is 0 Å². The lowest BCUT2D eigenvalue weighted by Crippen LogP contribution is -2.21. The highest BCUT2D eigenvalue weighted by Crippen LogP contribution is 2.06. The summed E-state index contributed by atoms with van der Waals surface area (Å²) in [4.78, 5) is 6.65. The number of aliphatic imine (C=N–C) groups is 1. The van der Waals surface area contributed by atoms with E-state index in [4.69, 9.17) is 5.73 Å². The van der Waals surface area contributed by atoms with Crippen molar-refractivity contribution in [2.45, 2.75) is 26.2 Å². The lowest BCUT2D eigenvalue weighted by atomic mass is 10.4. The highest BCUT2D eigenvalue weighted by atomic mass is 15.1. The maximum atomic E-state index is 5.42. The van der Waals surface area contributed by atoms with Crippen LogP contribution in [0.2, 0.25) is 0 Å². The second-order valence-electron chi connectivity index (χ2n) is 3.43. The predicted molar refractivity (Wildman–Crippen MR) is 52.5 cm³/mol. The third-order valence-corrected chi connectivity index (χ3v) is 2.19. The topological polar surface area (TPSA) is 41.6 Å². The third-order valence-electron chi connectivity index (χ3n) is 2.19. The largest absolute Gasteiger partial charge is 0.388 e. The second-order valence-corrected chi connectivity index (χ2v) is 3.43. The molecular formula is C9H19N3. The smallest absolute Gasteiger partial charge is 0.0905 e. The van der Waals surface area contributed by atoms with E-state index in [9.17, 15) is 0 Å². The normalized spacial score (nSPS) is 20.2. The van der Waals surface area contributed by atoms with Crippen molar-refractivity contribution in [3.05, 3.63) is 0 Å². The zero-order valence-electron chi connectivity index (χ0n) is 7.92. The molecule has 1 aliphatic rings. The third kappa shape index (κ3) is 3.72. The van der Waals surface area contributed by atoms with E-state index in [1.165, 1.54) is 32.5 Å². The van der Waals surface area contributed by atoms with E-state index < -0.39 is 0 Å². The molecule has 0 bridgehead atoms. The molecule has 2 N–H and O–H groups in total. The average molecular weight is 169 g/mol. The lowest BCUT2D eigenvalue weighted by molar-refractivity contribution is 0.336. The summed E-state index contributed by atoms with van der Waals surface area (Å²) < 4.78 is 0. The standard InChI is InChI=1S/C9H19N3/c1-9(10)11-5-4-8-12-6-2-3-7-12/h2-8H2,1H3,(H2,10,11). The molecule has 70 valence electrons. The van der Waals surface area contributed by atoms with Crippen LogP contribution in [0, 0.1) is 0 Å². The van der Waals surface area contributed by atoms with E-state index in [0.29, 0.717) is 5.84 Å². The van der Waals surface area contributed by atoms with Gasteiger partial charge in [-0.3, -0.25) is 4.99 Å². The Balaban J connectivity index is 1.98. The monoisotopic (exact) mass is 169 g/mol. The van der Waals surface area contributed by atoms with Crippen LogP contribution in [-0.4, -0.2) is 36.9 Å². The molecule has 3 nitrogen and oxygen atoms in total. The first-order chi connectivity index (χ1) is 5.79. The summed E-state index contributed by atoms with van der Waals surface area (Å²) >= 11 is 0. The van der Waals surface area contributed by atoms with Gasteiger partial charge >= 0.3 is 0 Å². The van der Waals surface area contributed by atoms with Crippen molar-refractivity contribution in [3.63, 3.8) is 0 Å². The molecule has 0 atom stereocenters. The van der Waals surface area contributed by atoms with E-state index in [-0.39, 0.29) is 0 Å². The minimum Gasteiger partial charge on any atom is -0.388 e. The number of rotatable bonds is 4. The molecule has 0 amide bonds. The fourth-order valence-corrected chi connectivity index (χ4v) is 1.56. The fraction of sp³-hybridized carbons (Fsp3) is 0.889. The summed E-state index contributed by atoms with van der Waals surface area (Å²) in [5.74, 6) is 0.705. The van der Waals surface area contributed by atoms with Gasteiger partial charge in [-0.05, 0) is 45.8 Å². The number of hydrogen-bond acceptors (Lipinski definition) is 2. The summed E-state index contributed by atoms with van der Waals surface area (Å²) in [5, 5.41) is 0. The van der Waals surface area contributed by atoms with Gasteiger partial charge in [-0.2, -0.15) is 0 Å². The Hall–Kier alpha value is -0.570. The molecule has 0 aromatic rings. The average Bonchev–Trinajstić information content (AvgIpc) is 2.49. The lowest BCUT2D eigenvalue weighted by Gasteiger charge is -2.12. The zero-order valence-corrected chi connectivity index (χ0v) is 7.92. The van der Waals surface area contributed by atoms with Gasteiger partial charge in [0.1, 0.15) is 0 Å². The van der Waals surface area contributed by atoms with Crippen LogP contribution in [0.1, 0.15) is 26.2 Å². The molecule has 12 heavy (non-hydrogen) atoms. The van der Waals surface area contributed by atoms with Crippen molar-refractivity contribution in [2.75, 3.05) is 26.2 Å². The number of nitrogens with two attached hydrogens (primary N) is 1. The van der Waals surface area contributed by atoms with Crippen LogP contribution in [0.3, 0.4) is 0 Å². The van der Waals surface area contributed by atoms with Crippen molar-refractivity contribution in [1.29, 1.82) is 0 Å². The summed E-state index contributed by atoms with van der Waals surface area (Å²) in [6.07, 6.45) is 3.90. The first-order valence-electron chi connectivity index (χ1n) is 4.78. The molecule has 0 unspecified atom stereocenters. The van der Waals surface area contributed by atoms with Crippen molar-refractivity contribution < 1.29 is 0 Å². The Kier molecular flexibility index (Phi) is 4.08. The molecule has 1 aliphatic heterocycles. The van der Waals surface area contributed by atoms with Crippen LogP contribution >= 0.6 is 0 Å². The quantitative estimate of drug-likeness (QED) is 0.385. The van der Waals surface area contributed by atoms with Gasteiger partial charge in [0.05, 0.1) is 5.84 Å². The molecule has 1 rings (SSSR count). The Labute approximate surface area is 74.6 Å². The van der Waals surface area contributed by atoms with Gasteiger partial charge in [0, 0.05) is 6.54 Å². The molecule has 0 aromatic heterocycles. The molecule has 0 saturated carbocycles. The molecule has 0 aromatic carbocycles. The molecule has 1 fully saturated rings. The maximum Gasteiger partial charge on any atom is 0.0905 e. The summed E-state index contributed by atoms with van der Waals surface area (Å²) in [5.41, 5.74) is 5.42. The molecule has 0 radical (unpaired) electrons. The SMILES string of the molecule is CC(N)=NCCCN1CCCC1. The van der Waals surface area contributed by atoms with E-state index in [2.05, 4.69) is 9.89 Å². The van der Waals surface area contributed by atoms with E-state index in [1.54, 1.807) is 0 Å². The van der Waals surface area contributed by atoms with Crippen molar-refractivity contribution >= 4 is 5.84 Å². The van der Waals surface area contributed by atoms with Crippen molar-refractivity contribution in [1.82, 2.24) is 4.90 Å². The summed E-state index contributed by atoms with van der Waals surface area (Å²) in [7, 11) is 0. The van der Waals surface area contributed by atoms with Gasteiger partial charge in [-0.1, -0.05) is 0 Å². The zero-order chi connectivity index (χ0) is 8.81. The highest BCUT2D eigenvalue weighted by molar-refractivity contribution is 5.77. The molecule has 1 saturated heterocycles. The molecule has 0 aliphatic carbocycles. The Morgan fingerprint density at radius 3 is 2.67 bits per heavy atom. The number of likely N-dealkylation sites (tertiary alicyclic amines) is 1. The summed E-state index contributed by atoms with van der Waals surface area (Å²) in [6.45, 7) is 6.49. The van der Waals surface area contributed by atoms with Gasteiger partial charge in [0.15, 0.2) is 0 Å². The fourth-order valence-electron chi connectivity index (χ4n) is 1.56. The van der Waals surface area contributed by atoms with Gasteiger partial charge in [-0.15, -0.1) is 0 Å². The van der Waals surface area contributed by atoms with Gasteiger partial charge < -0.3 is 10.6 Å². The Bertz CT molecular complexity index is 144. The summed E-state index contributed by atoms with van der Waals surface area (Å²) in [6, 6.07) is 0. The minimum atomic E-state index is 0.705. The number of nitrogens with zero attached hydrogens (tertiary/aromatic N) is 2. The van der Waals surface area contributed by atoms with E-state index in [1.807, 2.05) is 6.92 Å². The Morgan fingerprint density at radius 1 is 1.42 bits per heavy atom. The van der Waals surface area contributed by atoms with E-state index in [0.717, 1.165) is 13.0 Å². The van der Waals surface area contributed by atoms with Crippen LogP contribution in [0.5, 0.6) is 0 Å². The van der Waals surface area contributed by atoms with Crippen LogP contribution in [0.4, 0.5) is 0 Å². The van der Waals surface area contributed by atoms with E-state index >= 15 is 0 Å². The Morgan fingerprint density at radius 2 is 2.08 bits per heavy atom. The molecule has 1 heterocycles. The van der Waals surface area contributed by atoms with Crippen LogP contribution in [0.15, 0.2) is 4.99 Å². The van der Waals surface area contributed by atoms with Crippen molar-refractivity contribution in [3.8, 4) is 0 Å². The maximum absolute atomic E-state index is 5.42. The predicted octanol–water partition coefficient (Wildman–Crippen LogP) is 0.849. The number of amidine groups is 1. The first kappa shape index (κ1) is 9.52. The number of hydrogen-bond donors (Lipinski definition) is 1. The molecule has 3 heteroatoms. The van der Waals surface area contributed by atoms with Crippen LogP contribution in [-0.2, 0) is 0 Å². The van der Waals surface area contributed by atoms with Crippen LogP contribution < -0.4 is 5.73 Å². The minimum absolute atomic E-state index is 0.705. The first-order valence-corrected chi connectivity index (χ1v) is 4.78. The second kappa shape index (κ2) is 5.14. The van der Waals surface area contributed by atoms with Crippen molar-refractivity contribution in [2.24, 2.45) is 10.7 Å². The van der Waals surface area contributed by atoms with Gasteiger partial charge in [-0.25, -0.2) is 0 Å². The molecule has 0 spiro atoms. The van der Waals surface area contributed by atoms with Crippen LogP contribution in [0.25, 0.3) is 0 Å². The highest BCUT2D eigenvalue weighted by Gasteiger charge is 2.09. The molecular weight excluding hydrogens is 150 g/mol. The van der Waals surface area contributed by atoms with Gasteiger partial charge in [0.25, 0.3) is 0 Å².